The van der Waals surface area contributed by atoms with Crippen LogP contribution in [0, 0.1) is 11.3 Å². The van der Waals surface area contributed by atoms with Gasteiger partial charge in [-0.1, -0.05) is 31.5 Å². The van der Waals surface area contributed by atoms with Crippen molar-refractivity contribution in [3.8, 4) is 11.8 Å². The minimum Gasteiger partial charge on any atom is -0.492 e. The first kappa shape index (κ1) is 20.5. The number of rotatable bonds is 7. The van der Waals surface area contributed by atoms with Crippen molar-refractivity contribution in [2.45, 2.75) is 36.1 Å². The van der Waals surface area contributed by atoms with Gasteiger partial charge in [0.1, 0.15) is 11.8 Å². The van der Waals surface area contributed by atoms with Crippen LogP contribution in [0.1, 0.15) is 30.9 Å². The maximum Gasteiger partial charge on any atom is 0.296 e. The molecule has 1 heterocycles. The van der Waals surface area contributed by atoms with Crippen molar-refractivity contribution in [1.29, 1.82) is 5.26 Å². The maximum atomic E-state index is 12.1. The molecule has 148 valence electrons. The monoisotopic (exact) mass is 420 g/mol. The summed E-state index contributed by atoms with van der Waals surface area (Å²) in [6.07, 6.45) is 2.14. The predicted molar refractivity (Wildman–Crippen MR) is 108 cm³/mol. The SMILES string of the molecule is CCCCOc1c(C#N)ccc2ccc(CC3SC(S(=O)(=O)O)NC3=O)cc12. The van der Waals surface area contributed by atoms with Gasteiger partial charge < -0.3 is 10.1 Å². The van der Waals surface area contributed by atoms with Crippen molar-refractivity contribution in [1.82, 2.24) is 5.32 Å². The van der Waals surface area contributed by atoms with Gasteiger partial charge in [-0.15, -0.1) is 11.8 Å². The molecular weight excluding hydrogens is 400 g/mol. The molecule has 1 amide bonds. The molecule has 2 aromatic rings. The average molecular weight is 421 g/mol. The van der Waals surface area contributed by atoms with Gasteiger partial charge in [-0.3, -0.25) is 9.35 Å². The summed E-state index contributed by atoms with van der Waals surface area (Å²) in [6, 6.07) is 11.3. The molecule has 0 aliphatic carbocycles. The van der Waals surface area contributed by atoms with Crippen LogP contribution in [0.2, 0.25) is 0 Å². The lowest BCUT2D eigenvalue weighted by Gasteiger charge is -2.13. The van der Waals surface area contributed by atoms with Crippen molar-refractivity contribution in [2.24, 2.45) is 0 Å². The van der Waals surface area contributed by atoms with Gasteiger partial charge in [0.05, 0.1) is 17.4 Å². The Morgan fingerprint density at radius 3 is 2.71 bits per heavy atom. The second-order valence-corrected chi connectivity index (χ2v) is 9.61. The highest BCUT2D eigenvalue weighted by Crippen LogP contribution is 2.33. The van der Waals surface area contributed by atoms with E-state index in [1.807, 2.05) is 24.3 Å². The van der Waals surface area contributed by atoms with Crippen LogP contribution in [0.4, 0.5) is 0 Å². The van der Waals surface area contributed by atoms with Gasteiger partial charge in [-0.05, 0) is 35.9 Å². The van der Waals surface area contributed by atoms with Gasteiger partial charge in [0.2, 0.25) is 10.6 Å². The van der Waals surface area contributed by atoms with E-state index in [-0.39, 0.29) is 0 Å². The van der Waals surface area contributed by atoms with Crippen molar-refractivity contribution in [2.75, 3.05) is 6.61 Å². The van der Waals surface area contributed by atoms with E-state index in [0.717, 1.165) is 40.9 Å². The Kier molecular flexibility index (Phi) is 6.13. The first-order chi connectivity index (χ1) is 13.3. The zero-order chi connectivity index (χ0) is 20.3. The number of carbonyl (C=O) groups excluding carboxylic acids is 1. The van der Waals surface area contributed by atoms with Gasteiger partial charge >= 0.3 is 0 Å². The van der Waals surface area contributed by atoms with E-state index in [4.69, 9.17) is 9.29 Å². The Labute approximate surface area is 167 Å². The van der Waals surface area contributed by atoms with E-state index in [1.165, 1.54) is 0 Å². The smallest absolute Gasteiger partial charge is 0.296 e. The fourth-order valence-electron chi connectivity index (χ4n) is 2.98. The molecule has 0 aromatic heterocycles. The van der Waals surface area contributed by atoms with E-state index in [0.29, 0.717) is 24.3 Å². The summed E-state index contributed by atoms with van der Waals surface area (Å²) in [4.78, 5) is 12.1. The number of carbonyl (C=O) groups is 1. The van der Waals surface area contributed by atoms with Gasteiger partial charge in [-0.2, -0.15) is 13.7 Å². The molecule has 1 fully saturated rings. The highest BCUT2D eigenvalue weighted by atomic mass is 32.3. The Morgan fingerprint density at radius 2 is 2.07 bits per heavy atom. The lowest BCUT2D eigenvalue weighted by Crippen LogP contribution is -2.32. The van der Waals surface area contributed by atoms with Crippen LogP contribution in [0.25, 0.3) is 10.8 Å². The van der Waals surface area contributed by atoms with Crippen molar-refractivity contribution < 1.29 is 22.5 Å². The quantitative estimate of drug-likeness (QED) is 0.522. The molecule has 0 saturated carbocycles. The minimum absolute atomic E-state index is 0.295. The molecule has 1 aliphatic rings. The molecular formula is C19H20N2O5S2. The lowest BCUT2D eigenvalue weighted by atomic mass is 10.0. The molecule has 0 radical (unpaired) electrons. The van der Waals surface area contributed by atoms with Crippen LogP contribution in [0.15, 0.2) is 30.3 Å². The summed E-state index contributed by atoms with van der Waals surface area (Å²) in [7, 11) is -4.35. The standard InChI is InChI=1S/C19H20N2O5S2/c1-2-3-8-26-17-14(11-20)7-6-13-5-4-12(9-15(13)17)10-16-18(22)21-19(27-16)28(23,24)25/h4-7,9,16,19H,2-3,8,10H2,1H3,(H,21,22)(H,23,24,25). The molecule has 1 saturated heterocycles. The fourth-order valence-corrected chi connectivity index (χ4v) is 5.17. The van der Waals surface area contributed by atoms with Crippen LogP contribution < -0.4 is 10.1 Å². The second-order valence-electron chi connectivity index (χ2n) is 6.50. The summed E-state index contributed by atoms with van der Waals surface area (Å²) in [5.74, 6) is 0.0903. The zero-order valence-corrected chi connectivity index (χ0v) is 16.8. The second kappa shape index (κ2) is 8.39. The van der Waals surface area contributed by atoms with Gasteiger partial charge in [-0.25, -0.2) is 0 Å². The molecule has 2 unspecified atom stereocenters. The van der Waals surface area contributed by atoms with E-state index in [9.17, 15) is 18.5 Å². The van der Waals surface area contributed by atoms with Crippen molar-refractivity contribution >= 4 is 38.6 Å². The summed E-state index contributed by atoms with van der Waals surface area (Å²) in [5, 5.41) is 12.7. The fraction of sp³-hybridized carbons (Fsp3) is 0.368. The number of nitrogens with zero attached hydrogens (tertiary/aromatic N) is 1. The first-order valence-electron chi connectivity index (χ1n) is 8.84. The molecule has 3 rings (SSSR count). The Bertz CT molecular complexity index is 1050. The summed E-state index contributed by atoms with van der Waals surface area (Å²) in [6.45, 7) is 2.56. The van der Waals surface area contributed by atoms with Crippen LogP contribution in [0.5, 0.6) is 5.75 Å². The predicted octanol–water partition coefficient (Wildman–Crippen LogP) is 2.84. The number of amides is 1. The molecule has 2 N–H and O–H groups in total. The average Bonchev–Trinajstić information content (AvgIpc) is 3.03. The number of benzene rings is 2. The maximum absolute atomic E-state index is 12.1. The van der Waals surface area contributed by atoms with Crippen LogP contribution in [0.3, 0.4) is 0 Å². The number of nitriles is 1. The number of fused-ring (bicyclic) bond motifs is 1. The van der Waals surface area contributed by atoms with Crippen molar-refractivity contribution in [3.63, 3.8) is 0 Å². The summed E-state index contributed by atoms with van der Waals surface area (Å²) < 4.78 is 36.2. The van der Waals surface area contributed by atoms with Crippen molar-refractivity contribution in [3.05, 3.63) is 41.5 Å². The summed E-state index contributed by atoms with van der Waals surface area (Å²) in [5.41, 5.74) is 1.26. The number of thioether (sulfide) groups is 1. The first-order valence-corrected chi connectivity index (χ1v) is 11.3. The summed E-state index contributed by atoms with van der Waals surface area (Å²) >= 11 is 0.872. The molecule has 1 aliphatic heterocycles. The Morgan fingerprint density at radius 1 is 1.32 bits per heavy atom. The number of ether oxygens (including phenoxy) is 1. The van der Waals surface area contributed by atoms with Crippen LogP contribution in [-0.4, -0.2) is 35.4 Å². The Balaban J connectivity index is 1.90. The van der Waals surface area contributed by atoms with Crippen LogP contribution in [-0.2, 0) is 21.3 Å². The molecule has 9 heteroatoms. The highest BCUT2D eigenvalue weighted by molar-refractivity contribution is 8.12. The van der Waals surface area contributed by atoms with Gasteiger partial charge in [0.25, 0.3) is 10.1 Å². The number of nitrogens with one attached hydrogen (secondary N) is 1. The van der Waals surface area contributed by atoms with E-state index in [2.05, 4.69) is 18.3 Å². The zero-order valence-electron chi connectivity index (χ0n) is 15.2. The van der Waals surface area contributed by atoms with Crippen LogP contribution >= 0.6 is 11.8 Å². The Hall–Kier alpha value is -2.28. The number of unbranched alkanes of at least 4 members (excludes halogenated alkanes) is 1. The van der Waals surface area contributed by atoms with Gasteiger partial charge in [0.15, 0.2) is 0 Å². The normalized spacial score (nSPS) is 19.4. The lowest BCUT2D eigenvalue weighted by molar-refractivity contribution is -0.119. The molecule has 0 bridgehead atoms. The molecule has 2 aromatic carbocycles. The number of hydrogen-bond donors (Lipinski definition) is 2. The van der Waals surface area contributed by atoms with E-state index >= 15 is 0 Å². The highest BCUT2D eigenvalue weighted by Gasteiger charge is 2.39. The minimum atomic E-state index is -4.35. The van der Waals surface area contributed by atoms with E-state index < -0.39 is 26.0 Å². The molecule has 0 spiro atoms. The third-order valence-corrected chi connectivity index (χ3v) is 7.23. The topological polar surface area (TPSA) is 116 Å². The third kappa shape index (κ3) is 4.41. The third-order valence-electron chi connectivity index (χ3n) is 4.43. The molecule has 28 heavy (non-hydrogen) atoms. The van der Waals surface area contributed by atoms with Gasteiger partial charge in [0, 0.05) is 5.39 Å². The molecule has 7 nitrogen and oxygen atoms in total. The number of hydrogen-bond acceptors (Lipinski definition) is 6. The van der Waals surface area contributed by atoms with E-state index in [1.54, 1.807) is 6.07 Å². The molecule has 2 atom stereocenters. The largest absolute Gasteiger partial charge is 0.492 e.